The third-order valence-corrected chi connectivity index (χ3v) is 4.30. The normalized spacial score (nSPS) is 10.4. The van der Waals surface area contributed by atoms with Gasteiger partial charge < -0.3 is 16.4 Å². The topological polar surface area (TPSA) is 50.1 Å². The zero-order chi connectivity index (χ0) is 17.7. The van der Waals surface area contributed by atoms with Crippen molar-refractivity contribution >= 4 is 28.7 Å². The molecule has 2 rings (SSSR count). The largest absolute Gasteiger partial charge is 0.385 e. The fourth-order valence-corrected chi connectivity index (χ4v) is 3.01. The summed E-state index contributed by atoms with van der Waals surface area (Å²) < 4.78 is 0. The van der Waals surface area contributed by atoms with Crippen molar-refractivity contribution in [1.29, 1.82) is 0 Å². The first-order valence-corrected chi connectivity index (χ1v) is 9.59. The highest BCUT2D eigenvalue weighted by Gasteiger charge is 1.97. The summed E-state index contributed by atoms with van der Waals surface area (Å²) in [5, 5.41) is 6.71. The van der Waals surface area contributed by atoms with Gasteiger partial charge in [0.2, 0.25) is 0 Å². The lowest BCUT2D eigenvalue weighted by Crippen LogP contribution is -2.18. The lowest BCUT2D eigenvalue weighted by atomic mass is 10.1. The number of nitrogens with one attached hydrogen (secondary N) is 2. The van der Waals surface area contributed by atoms with E-state index in [1.54, 1.807) is 0 Å². The molecule has 0 aliphatic carbocycles. The number of rotatable bonds is 11. The number of nitrogens with two attached hydrogens (primary N) is 1. The molecule has 2 aromatic rings. The number of aryl methyl sites for hydroxylation is 1. The van der Waals surface area contributed by atoms with E-state index in [1.807, 2.05) is 18.2 Å². The van der Waals surface area contributed by atoms with Crippen LogP contribution >= 0.6 is 12.2 Å². The van der Waals surface area contributed by atoms with Gasteiger partial charge in [0, 0.05) is 17.9 Å². The van der Waals surface area contributed by atoms with Gasteiger partial charge in [-0.1, -0.05) is 62.1 Å². The van der Waals surface area contributed by atoms with E-state index >= 15 is 0 Å². The van der Waals surface area contributed by atoms with Crippen LogP contribution in [0.15, 0.2) is 54.6 Å². The Labute approximate surface area is 157 Å². The highest BCUT2D eigenvalue weighted by Crippen LogP contribution is 2.15. The molecule has 0 atom stereocenters. The summed E-state index contributed by atoms with van der Waals surface area (Å²) in [6.07, 6.45) is 8.97. The molecule has 3 nitrogen and oxygen atoms in total. The summed E-state index contributed by atoms with van der Waals surface area (Å²) in [5.41, 5.74) is 8.98. The molecule has 25 heavy (non-hydrogen) atoms. The zero-order valence-corrected chi connectivity index (χ0v) is 15.7. The Hall–Kier alpha value is -2.07. The summed E-state index contributed by atoms with van der Waals surface area (Å²) in [4.78, 5) is 0. The minimum Gasteiger partial charge on any atom is -0.385 e. The minimum absolute atomic E-state index is 0.296. The molecule has 4 N–H and O–H groups in total. The molecular formula is C21H29N3S. The maximum atomic E-state index is 5.50. The van der Waals surface area contributed by atoms with Gasteiger partial charge >= 0.3 is 0 Å². The molecule has 0 saturated heterocycles. The van der Waals surface area contributed by atoms with Crippen molar-refractivity contribution in [3.8, 4) is 0 Å². The first-order chi connectivity index (χ1) is 12.2. The van der Waals surface area contributed by atoms with Crippen LogP contribution in [0.5, 0.6) is 0 Å². The van der Waals surface area contributed by atoms with E-state index < -0.39 is 0 Å². The summed E-state index contributed by atoms with van der Waals surface area (Å²) in [6, 6.07) is 18.8. The summed E-state index contributed by atoms with van der Waals surface area (Å²) in [6.45, 7) is 1.00. The molecule has 0 bridgehead atoms. The smallest absolute Gasteiger partial charge is 0.168 e. The Morgan fingerprint density at radius 1 is 0.800 bits per heavy atom. The molecule has 0 spiro atoms. The maximum absolute atomic E-state index is 5.50. The maximum Gasteiger partial charge on any atom is 0.168 e. The van der Waals surface area contributed by atoms with Crippen LogP contribution in [0.3, 0.4) is 0 Å². The van der Waals surface area contributed by atoms with Crippen LogP contribution in [-0.2, 0) is 6.42 Å². The third-order valence-electron chi connectivity index (χ3n) is 4.19. The van der Waals surface area contributed by atoms with Gasteiger partial charge in [0.15, 0.2) is 5.11 Å². The highest BCUT2D eigenvalue weighted by atomic mass is 32.1. The molecule has 2 aromatic carbocycles. The second-order valence-electron chi connectivity index (χ2n) is 6.35. The van der Waals surface area contributed by atoms with Crippen LogP contribution in [0.4, 0.5) is 11.4 Å². The van der Waals surface area contributed by atoms with E-state index in [-0.39, 0.29) is 0 Å². The predicted molar refractivity (Wildman–Crippen MR) is 113 cm³/mol. The quantitative estimate of drug-likeness (QED) is 0.376. The molecule has 0 amide bonds. The lowest BCUT2D eigenvalue weighted by molar-refractivity contribution is 0.601. The molecule has 4 heteroatoms. The zero-order valence-electron chi connectivity index (χ0n) is 14.8. The van der Waals surface area contributed by atoms with E-state index in [0.717, 1.165) is 17.9 Å². The van der Waals surface area contributed by atoms with Gasteiger partial charge in [-0.15, -0.1) is 0 Å². The van der Waals surface area contributed by atoms with Crippen molar-refractivity contribution in [1.82, 2.24) is 0 Å². The first kappa shape index (κ1) is 19.3. The predicted octanol–water partition coefficient (Wildman–Crippen LogP) is 5.34. The highest BCUT2D eigenvalue weighted by molar-refractivity contribution is 7.80. The number of hydrogen-bond acceptors (Lipinski definition) is 2. The Morgan fingerprint density at radius 3 is 2.24 bits per heavy atom. The third kappa shape index (κ3) is 8.54. The van der Waals surface area contributed by atoms with Crippen LogP contribution in [-0.4, -0.2) is 11.7 Å². The van der Waals surface area contributed by atoms with Gasteiger partial charge in [-0.2, -0.15) is 0 Å². The summed E-state index contributed by atoms with van der Waals surface area (Å²) in [5.74, 6) is 0. The van der Waals surface area contributed by atoms with Gasteiger partial charge in [0.25, 0.3) is 0 Å². The number of thiocarbonyl (C=S) groups is 1. The molecule has 0 unspecified atom stereocenters. The minimum atomic E-state index is 0.296. The second kappa shape index (κ2) is 11.5. The fourth-order valence-electron chi connectivity index (χ4n) is 2.89. The molecule has 0 radical (unpaired) electrons. The second-order valence-corrected chi connectivity index (χ2v) is 6.79. The van der Waals surface area contributed by atoms with Crippen molar-refractivity contribution in [2.45, 2.75) is 44.9 Å². The molecule has 0 fully saturated rings. The van der Waals surface area contributed by atoms with E-state index in [0.29, 0.717) is 5.11 Å². The van der Waals surface area contributed by atoms with Crippen molar-refractivity contribution in [3.05, 3.63) is 60.2 Å². The summed E-state index contributed by atoms with van der Waals surface area (Å²) >= 11 is 4.86. The van der Waals surface area contributed by atoms with Crippen LogP contribution < -0.4 is 16.4 Å². The Morgan fingerprint density at radius 2 is 1.48 bits per heavy atom. The Kier molecular flexibility index (Phi) is 8.84. The van der Waals surface area contributed by atoms with Gasteiger partial charge in [-0.3, -0.25) is 0 Å². The molecule has 0 heterocycles. The molecular weight excluding hydrogens is 326 g/mol. The van der Waals surface area contributed by atoms with Gasteiger partial charge in [0.05, 0.1) is 0 Å². The van der Waals surface area contributed by atoms with E-state index in [1.165, 1.54) is 50.5 Å². The standard InChI is InChI=1S/C21H29N3S/c22-21(25)24-20-15-10-14-19(17-20)23-16-9-4-2-1-3-6-11-18-12-7-5-8-13-18/h5,7-8,10,12-15,17,23H,1-4,6,9,11,16H2,(H3,22,24,25). The Balaban J connectivity index is 1.49. The van der Waals surface area contributed by atoms with Crippen LogP contribution in [0.1, 0.15) is 44.1 Å². The van der Waals surface area contributed by atoms with Crippen LogP contribution in [0.25, 0.3) is 0 Å². The molecule has 134 valence electrons. The van der Waals surface area contributed by atoms with Crippen molar-refractivity contribution in [3.63, 3.8) is 0 Å². The number of unbranched alkanes of at least 4 members (excludes halogenated alkanes) is 5. The summed E-state index contributed by atoms with van der Waals surface area (Å²) in [7, 11) is 0. The van der Waals surface area contributed by atoms with E-state index in [4.69, 9.17) is 18.0 Å². The first-order valence-electron chi connectivity index (χ1n) is 9.18. The number of hydrogen-bond donors (Lipinski definition) is 3. The van der Waals surface area contributed by atoms with Crippen LogP contribution in [0.2, 0.25) is 0 Å². The van der Waals surface area contributed by atoms with E-state index in [9.17, 15) is 0 Å². The molecule has 0 aliphatic rings. The van der Waals surface area contributed by atoms with Crippen molar-refractivity contribution in [2.75, 3.05) is 17.2 Å². The average Bonchev–Trinajstić information content (AvgIpc) is 2.61. The fraction of sp³-hybridized carbons (Fsp3) is 0.381. The molecule has 0 aromatic heterocycles. The number of benzene rings is 2. The van der Waals surface area contributed by atoms with Crippen molar-refractivity contribution < 1.29 is 0 Å². The van der Waals surface area contributed by atoms with E-state index in [2.05, 4.69) is 47.0 Å². The van der Waals surface area contributed by atoms with Gasteiger partial charge in [-0.05, 0) is 55.2 Å². The molecule has 0 aliphatic heterocycles. The monoisotopic (exact) mass is 355 g/mol. The Bertz CT molecular complexity index is 628. The van der Waals surface area contributed by atoms with Crippen molar-refractivity contribution in [2.24, 2.45) is 5.73 Å². The van der Waals surface area contributed by atoms with Gasteiger partial charge in [-0.25, -0.2) is 0 Å². The van der Waals surface area contributed by atoms with Gasteiger partial charge in [0.1, 0.15) is 0 Å². The van der Waals surface area contributed by atoms with Crippen LogP contribution in [0, 0.1) is 0 Å². The average molecular weight is 356 g/mol. The molecule has 0 saturated carbocycles. The lowest BCUT2D eigenvalue weighted by Gasteiger charge is -2.09. The SMILES string of the molecule is NC(=S)Nc1cccc(NCCCCCCCCc2ccccc2)c1. The number of anilines is 2.